The summed E-state index contributed by atoms with van der Waals surface area (Å²) in [6.07, 6.45) is 1.78. The topological polar surface area (TPSA) is 58.4 Å². The van der Waals surface area contributed by atoms with Crippen LogP contribution in [0.1, 0.15) is 17.4 Å². The van der Waals surface area contributed by atoms with Gasteiger partial charge in [-0.2, -0.15) is 5.10 Å². The van der Waals surface area contributed by atoms with E-state index >= 15 is 0 Å². The van der Waals surface area contributed by atoms with E-state index in [1.54, 1.807) is 26.7 Å². The molecule has 2 aromatic carbocycles. The second kappa shape index (κ2) is 7.68. The first-order valence-electron chi connectivity index (χ1n) is 9.45. The Kier molecular flexibility index (Phi) is 4.93. The average Bonchev–Trinajstić information content (AvgIpc) is 3.23. The summed E-state index contributed by atoms with van der Waals surface area (Å²) < 4.78 is 1.71. The van der Waals surface area contributed by atoms with Crippen molar-refractivity contribution in [1.82, 2.24) is 14.7 Å². The lowest BCUT2D eigenvalue weighted by atomic mass is 10.0. The Balaban J connectivity index is 1.54. The summed E-state index contributed by atoms with van der Waals surface area (Å²) >= 11 is 0. The summed E-state index contributed by atoms with van der Waals surface area (Å²) in [7, 11) is 0. The average molecular weight is 374 g/mol. The van der Waals surface area contributed by atoms with Gasteiger partial charge in [0, 0.05) is 31.4 Å². The molecule has 6 heteroatoms. The summed E-state index contributed by atoms with van der Waals surface area (Å²) in [6.45, 7) is 3.67. The van der Waals surface area contributed by atoms with E-state index in [0.29, 0.717) is 25.3 Å². The van der Waals surface area contributed by atoms with Gasteiger partial charge in [-0.1, -0.05) is 48.5 Å². The Bertz CT molecular complexity index is 997. The van der Waals surface area contributed by atoms with Crippen LogP contribution in [0.3, 0.4) is 0 Å². The van der Waals surface area contributed by atoms with Gasteiger partial charge in [-0.3, -0.25) is 14.3 Å². The number of benzene rings is 2. The van der Waals surface area contributed by atoms with Crippen molar-refractivity contribution in [3.63, 3.8) is 0 Å². The molecule has 0 N–H and O–H groups in total. The van der Waals surface area contributed by atoms with Gasteiger partial charge in [0.2, 0.25) is 5.91 Å². The van der Waals surface area contributed by atoms with Gasteiger partial charge in [-0.25, -0.2) is 0 Å². The molecule has 6 nitrogen and oxygen atoms in total. The summed E-state index contributed by atoms with van der Waals surface area (Å²) in [5.41, 5.74) is 3.33. The van der Waals surface area contributed by atoms with Gasteiger partial charge in [0.25, 0.3) is 5.91 Å². The number of hydrogen-bond donors (Lipinski definition) is 0. The minimum Gasteiger partial charge on any atom is -0.326 e. The van der Waals surface area contributed by atoms with E-state index < -0.39 is 0 Å². The van der Waals surface area contributed by atoms with Crippen LogP contribution in [-0.2, 0) is 11.3 Å². The number of aryl methyl sites for hydroxylation is 1. The third-order valence-electron chi connectivity index (χ3n) is 4.97. The van der Waals surface area contributed by atoms with Crippen LogP contribution in [0.2, 0.25) is 0 Å². The monoisotopic (exact) mass is 374 g/mol. The molecule has 0 aliphatic carbocycles. The Morgan fingerprint density at radius 2 is 1.75 bits per heavy atom. The van der Waals surface area contributed by atoms with Crippen LogP contribution in [0.25, 0.3) is 11.1 Å². The second-order valence-electron chi connectivity index (χ2n) is 6.71. The van der Waals surface area contributed by atoms with Gasteiger partial charge in [0.05, 0.1) is 5.69 Å². The predicted molar refractivity (Wildman–Crippen MR) is 108 cm³/mol. The number of hydrogen-bond acceptors (Lipinski definition) is 3. The zero-order chi connectivity index (χ0) is 19.5. The first-order chi connectivity index (χ1) is 13.7. The number of carbonyl (C=O) groups excluding carboxylic acids is 2. The molecule has 142 valence electrons. The lowest BCUT2D eigenvalue weighted by molar-refractivity contribution is -0.120. The first kappa shape index (κ1) is 18.0. The van der Waals surface area contributed by atoms with Crippen molar-refractivity contribution in [1.29, 1.82) is 0 Å². The number of rotatable bonds is 4. The molecular formula is C22H22N4O2. The van der Waals surface area contributed by atoms with Gasteiger partial charge in [-0.15, -0.1) is 0 Å². The van der Waals surface area contributed by atoms with Crippen LogP contribution in [0.5, 0.6) is 0 Å². The van der Waals surface area contributed by atoms with E-state index in [0.717, 1.165) is 16.8 Å². The Morgan fingerprint density at radius 3 is 2.46 bits per heavy atom. The summed E-state index contributed by atoms with van der Waals surface area (Å²) in [5, 5.41) is 4.26. The fraction of sp³-hybridized carbons (Fsp3) is 0.227. The molecule has 0 saturated carbocycles. The highest BCUT2D eigenvalue weighted by Gasteiger charge is 2.30. The third-order valence-corrected chi connectivity index (χ3v) is 4.97. The molecule has 3 aromatic rings. The number of aromatic nitrogens is 2. The van der Waals surface area contributed by atoms with Crippen LogP contribution in [0, 0.1) is 0 Å². The molecule has 2 heterocycles. The molecule has 0 bridgehead atoms. The van der Waals surface area contributed by atoms with Gasteiger partial charge < -0.3 is 9.80 Å². The zero-order valence-electron chi connectivity index (χ0n) is 15.8. The Labute approximate surface area is 164 Å². The van der Waals surface area contributed by atoms with E-state index in [1.165, 1.54) is 0 Å². The number of para-hydroxylation sites is 1. The molecule has 1 saturated heterocycles. The largest absolute Gasteiger partial charge is 0.326 e. The summed E-state index contributed by atoms with van der Waals surface area (Å²) in [5.74, 6) is -0.283. The number of amides is 2. The minimum absolute atomic E-state index is 0.0565. The standard InChI is InChI=1S/C22H22N4O2/c1-2-25-13-12-19(23-25)22(28)24-14-15-26(21(27)16-24)20-11-7-6-10-18(20)17-8-4-3-5-9-17/h3-13H,2,14-16H2,1H3. The van der Waals surface area contributed by atoms with Crippen molar-refractivity contribution in [2.24, 2.45) is 0 Å². The van der Waals surface area contributed by atoms with E-state index in [-0.39, 0.29) is 18.4 Å². The van der Waals surface area contributed by atoms with Crippen LogP contribution >= 0.6 is 0 Å². The molecule has 1 aromatic heterocycles. The third kappa shape index (κ3) is 3.41. The highest BCUT2D eigenvalue weighted by atomic mass is 16.2. The number of nitrogens with zero attached hydrogens (tertiary/aromatic N) is 4. The zero-order valence-corrected chi connectivity index (χ0v) is 15.8. The summed E-state index contributed by atoms with van der Waals surface area (Å²) in [6, 6.07) is 19.6. The van der Waals surface area contributed by atoms with E-state index in [4.69, 9.17) is 0 Å². The van der Waals surface area contributed by atoms with Crippen molar-refractivity contribution in [3.05, 3.63) is 72.6 Å². The summed E-state index contributed by atoms with van der Waals surface area (Å²) in [4.78, 5) is 28.9. The highest BCUT2D eigenvalue weighted by molar-refractivity contribution is 6.03. The van der Waals surface area contributed by atoms with Crippen molar-refractivity contribution in [2.75, 3.05) is 24.5 Å². The molecule has 0 unspecified atom stereocenters. The van der Waals surface area contributed by atoms with Gasteiger partial charge in [0.15, 0.2) is 0 Å². The van der Waals surface area contributed by atoms with Crippen molar-refractivity contribution >= 4 is 17.5 Å². The van der Waals surface area contributed by atoms with Crippen LogP contribution < -0.4 is 4.90 Å². The van der Waals surface area contributed by atoms with Gasteiger partial charge >= 0.3 is 0 Å². The number of anilines is 1. The molecule has 1 fully saturated rings. The van der Waals surface area contributed by atoms with Crippen LogP contribution in [0.4, 0.5) is 5.69 Å². The molecule has 28 heavy (non-hydrogen) atoms. The maximum atomic E-state index is 12.9. The molecule has 1 aliphatic heterocycles. The van der Waals surface area contributed by atoms with Crippen molar-refractivity contribution < 1.29 is 9.59 Å². The lowest BCUT2D eigenvalue weighted by Gasteiger charge is -2.35. The van der Waals surface area contributed by atoms with Gasteiger partial charge in [0.1, 0.15) is 12.2 Å². The predicted octanol–water partition coefficient (Wildman–Crippen LogP) is 3.06. The Morgan fingerprint density at radius 1 is 1.00 bits per heavy atom. The smallest absolute Gasteiger partial charge is 0.274 e. The van der Waals surface area contributed by atoms with Crippen LogP contribution in [-0.4, -0.2) is 46.1 Å². The van der Waals surface area contributed by atoms with Crippen LogP contribution in [0.15, 0.2) is 66.9 Å². The maximum Gasteiger partial charge on any atom is 0.274 e. The van der Waals surface area contributed by atoms with E-state index in [2.05, 4.69) is 5.10 Å². The first-order valence-corrected chi connectivity index (χ1v) is 9.45. The normalized spacial score (nSPS) is 14.4. The number of carbonyl (C=O) groups is 2. The maximum absolute atomic E-state index is 12.9. The minimum atomic E-state index is -0.198. The molecule has 1 aliphatic rings. The van der Waals surface area contributed by atoms with Crippen molar-refractivity contribution in [2.45, 2.75) is 13.5 Å². The van der Waals surface area contributed by atoms with E-state index in [1.807, 2.05) is 61.5 Å². The molecule has 0 spiro atoms. The van der Waals surface area contributed by atoms with E-state index in [9.17, 15) is 9.59 Å². The fourth-order valence-electron chi connectivity index (χ4n) is 3.49. The SMILES string of the molecule is CCn1ccc(C(=O)N2CCN(c3ccccc3-c3ccccc3)C(=O)C2)n1. The quantitative estimate of drug-likeness (QED) is 0.705. The molecule has 0 radical (unpaired) electrons. The van der Waals surface area contributed by atoms with Crippen molar-refractivity contribution in [3.8, 4) is 11.1 Å². The lowest BCUT2D eigenvalue weighted by Crippen LogP contribution is -2.52. The molecular weight excluding hydrogens is 352 g/mol. The van der Waals surface area contributed by atoms with Gasteiger partial charge in [-0.05, 0) is 24.6 Å². The molecule has 2 amide bonds. The highest BCUT2D eigenvalue weighted by Crippen LogP contribution is 2.31. The number of piperazine rings is 1. The fourth-order valence-corrected chi connectivity index (χ4v) is 3.49. The molecule has 4 rings (SSSR count). The Hall–Kier alpha value is -3.41. The molecule has 0 atom stereocenters. The second-order valence-corrected chi connectivity index (χ2v) is 6.71.